The fraction of sp³-hybridized carbons (Fsp3) is 0.640. The predicted octanol–water partition coefficient (Wildman–Crippen LogP) is 4.62. The molecule has 32 heavy (non-hydrogen) atoms. The molecule has 0 aliphatic carbocycles. The van der Waals surface area contributed by atoms with E-state index in [0.717, 1.165) is 25.9 Å². The van der Waals surface area contributed by atoms with Gasteiger partial charge in [0.1, 0.15) is 0 Å². The molecule has 1 aromatic carbocycles. The molecule has 6 nitrogen and oxygen atoms in total. The highest BCUT2D eigenvalue weighted by molar-refractivity contribution is 6.77. The fourth-order valence-electron chi connectivity index (χ4n) is 5.66. The first-order valence-corrected chi connectivity index (χ1v) is 14.1. The van der Waals surface area contributed by atoms with Gasteiger partial charge in [0.05, 0.1) is 36.4 Å². The second-order valence-corrected chi connectivity index (χ2v) is 15.6. The average molecular weight is 458 g/mol. The molecule has 1 fully saturated rings. The van der Waals surface area contributed by atoms with Crippen molar-refractivity contribution in [3.05, 3.63) is 40.9 Å². The Labute approximate surface area is 193 Å². The fourth-order valence-corrected chi connectivity index (χ4v) is 11.2. The van der Waals surface area contributed by atoms with Crippen molar-refractivity contribution in [3.63, 3.8) is 0 Å². The van der Waals surface area contributed by atoms with Crippen LogP contribution in [0.2, 0.25) is 16.6 Å². The molecule has 0 radical (unpaired) electrons. The zero-order valence-corrected chi connectivity index (χ0v) is 21.5. The Balaban J connectivity index is 1.65. The van der Waals surface area contributed by atoms with Crippen molar-refractivity contribution in [1.82, 2.24) is 14.5 Å². The number of nitrogens with zero attached hydrogens (tertiary/aromatic N) is 3. The van der Waals surface area contributed by atoms with Crippen molar-refractivity contribution in [2.45, 2.75) is 83.7 Å². The Morgan fingerprint density at radius 1 is 1.09 bits per heavy atom. The van der Waals surface area contributed by atoms with Crippen LogP contribution in [0, 0.1) is 0 Å². The summed E-state index contributed by atoms with van der Waals surface area (Å²) >= 11 is 0. The zero-order chi connectivity index (χ0) is 23.5. The largest absolute Gasteiger partial charge is 0.412 e. The van der Waals surface area contributed by atoms with Gasteiger partial charge in [-0.25, -0.2) is 4.98 Å². The number of rotatable bonds is 9. The zero-order valence-electron chi connectivity index (χ0n) is 20.5. The smallest absolute Gasteiger partial charge is 0.261 e. The summed E-state index contributed by atoms with van der Waals surface area (Å²) in [5.74, 6) is 0.0323. The Kier molecular flexibility index (Phi) is 8.06. The van der Waals surface area contributed by atoms with Crippen LogP contribution < -0.4 is 5.56 Å². The highest BCUT2D eigenvalue weighted by Gasteiger charge is 2.47. The number of para-hydroxylation sites is 1. The van der Waals surface area contributed by atoms with Gasteiger partial charge in [0.2, 0.25) is 8.32 Å². The van der Waals surface area contributed by atoms with Crippen LogP contribution >= 0.6 is 0 Å². The minimum atomic E-state index is -1.94. The summed E-state index contributed by atoms with van der Waals surface area (Å²) in [6, 6.07) is 7.24. The number of ketones is 1. The minimum Gasteiger partial charge on any atom is -0.412 e. The number of benzene rings is 1. The number of Topliss-reactive ketones (excluding diaryl/α,β-unsaturated/α-hetero) is 1. The summed E-state index contributed by atoms with van der Waals surface area (Å²) < 4.78 is 8.41. The van der Waals surface area contributed by atoms with Crippen molar-refractivity contribution in [1.29, 1.82) is 0 Å². The van der Waals surface area contributed by atoms with Crippen molar-refractivity contribution in [2.75, 3.05) is 19.6 Å². The maximum atomic E-state index is 12.8. The third-order valence-electron chi connectivity index (χ3n) is 7.02. The molecule has 1 aliphatic rings. The van der Waals surface area contributed by atoms with Crippen LogP contribution in [0.4, 0.5) is 0 Å². The van der Waals surface area contributed by atoms with Crippen LogP contribution in [0.1, 0.15) is 54.4 Å². The number of piperidine rings is 1. The van der Waals surface area contributed by atoms with Gasteiger partial charge in [-0.3, -0.25) is 19.1 Å². The van der Waals surface area contributed by atoms with Gasteiger partial charge < -0.3 is 4.43 Å². The number of hydrogen-bond acceptors (Lipinski definition) is 5. The number of fused-ring (bicyclic) bond motifs is 1. The molecular formula is C25H39N3O3Si. The molecule has 0 amide bonds. The third kappa shape index (κ3) is 5.21. The quantitative estimate of drug-likeness (QED) is 0.514. The molecule has 1 aromatic heterocycles. The van der Waals surface area contributed by atoms with Gasteiger partial charge in [-0.2, -0.15) is 0 Å². The maximum absolute atomic E-state index is 12.8. The molecule has 1 saturated heterocycles. The van der Waals surface area contributed by atoms with Crippen LogP contribution in [0.15, 0.2) is 35.4 Å². The lowest BCUT2D eigenvalue weighted by Crippen LogP contribution is -2.53. The van der Waals surface area contributed by atoms with Crippen LogP contribution in [0.25, 0.3) is 10.9 Å². The molecule has 1 atom stereocenters. The highest BCUT2D eigenvalue weighted by atomic mass is 28.4. The van der Waals surface area contributed by atoms with E-state index in [2.05, 4.69) is 51.4 Å². The number of hydrogen-bond donors (Lipinski definition) is 0. The number of likely N-dealkylation sites (tertiary alicyclic amines) is 1. The van der Waals surface area contributed by atoms with E-state index >= 15 is 0 Å². The minimum absolute atomic E-state index is 0.0323. The molecule has 0 saturated carbocycles. The molecule has 0 spiro atoms. The third-order valence-corrected chi connectivity index (χ3v) is 13.2. The molecule has 3 rings (SSSR count). The normalized spacial score (nSPS) is 18.2. The lowest BCUT2D eigenvalue weighted by Gasteiger charge is -2.46. The monoisotopic (exact) mass is 457 g/mol. The summed E-state index contributed by atoms with van der Waals surface area (Å²) in [4.78, 5) is 32.1. The maximum Gasteiger partial charge on any atom is 0.261 e. The summed E-state index contributed by atoms with van der Waals surface area (Å²) in [7, 11) is -1.94. The molecule has 2 heterocycles. The standard InChI is InChI=1S/C25H39N3O3Si/c1-18(2)32(19(3)4,20(5)6)31-22-10-9-13-27(16-22)14-21(29)15-28-17-26-24-12-8-7-11-23(24)25(28)30/h7-8,11-12,17-20,22H,9-10,13-16H2,1-6H3. The van der Waals surface area contributed by atoms with Crippen LogP contribution in [-0.2, 0) is 15.8 Å². The van der Waals surface area contributed by atoms with Crippen molar-refractivity contribution < 1.29 is 9.22 Å². The Morgan fingerprint density at radius 3 is 2.41 bits per heavy atom. The average Bonchev–Trinajstić information content (AvgIpc) is 2.73. The first kappa shape index (κ1) is 24.8. The molecule has 0 bridgehead atoms. The summed E-state index contributed by atoms with van der Waals surface area (Å²) in [5.41, 5.74) is 2.14. The molecule has 2 aromatic rings. The van der Waals surface area contributed by atoms with Crippen molar-refractivity contribution in [3.8, 4) is 0 Å². The molecule has 0 N–H and O–H groups in total. The van der Waals surface area contributed by atoms with E-state index in [0.29, 0.717) is 34.1 Å². The van der Waals surface area contributed by atoms with E-state index in [9.17, 15) is 9.59 Å². The lowest BCUT2D eigenvalue weighted by molar-refractivity contribution is -0.121. The van der Waals surface area contributed by atoms with Crippen LogP contribution in [0.3, 0.4) is 0 Å². The second-order valence-electron chi connectivity index (χ2n) is 10.2. The van der Waals surface area contributed by atoms with Crippen molar-refractivity contribution in [2.24, 2.45) is 0 Å². The number of carbonyl (C=O) groups is 1. The lowest BCUT2D eigenvalue weighted by atomic mass is 10.1. The van der Waals surface area contributed by atoms with Gasteiger partial charge in [0, 0.05) is 6.54 Å². The highest BCUT2D eigenvalue weighted by Crippen LogP contribution is 2.43. The first-order valence-electron chi connectivity index (χ1n) is 12.0. The van der Waals surface area contributed by atoms with Gasteiger partial charge in [-0.05, 0) is 48.1 Å². The van der Waals surface area contributed by atoms with Gasteiger partial charge in [0.15, 0.2) is 5.78 Å². The Morgan fingerprint density at radius 2 is 1.75 bits per heavy atom. The van der Waals surface area contributed by atoms with Gasteiger partial charge >= 0.3 is 0 Å². The van der Waals surface area contributed by atoms with Gasteiger partial charge in [0.25, 0.3) is 5.56 Å². The Bertz CT molecular complexity index is 964. The molecule has 1 unspecified atom stereocenters. The Hall–Kier alpha value is -1.83. The number of carbonyl (C=O) groups excluding carboxylic acids is 1. The van der Waals surface area contributed by atoms with E-state index in [1.807, 2.05) is 18.2 Å². The number of aromatic nitrogens is 2. The van der Waals surface area contributed by atoms with E-state index in [1.165, 1.54) is 10.9 Å². The van der Waals surface area contributed by atoms with Crippen LogP contribution in [0.5, 0.6) is 0 Å². The van der Waals surface area contributed by atoms with Crippen molar-refractivity contribution >= 4 is 25.0 Å². The van der Waals surface area contributed by atoms with E-state index in [4.69, 9.17) is 4.43 Å². The van der Waals surface area contributed by atoms with E-state index in [-0.39, 0.29) is 24.0 Å². The molecule has 176 valence electrons. The SMILES string of the molecule is CC(C)[Si](OC1CCCN(CC(=O)Cn2cnc3ccccc3c2=O)C1)(C(C)C)C(C)C. The summed E-state index contributed by atoms with van der Waals surface area (Å²) in [5, 5.41) is 0.548. The molecular weight excluding hydrogens is 418 g/mol. The second kappa shape index (κ2) is 10.4. The first-order chi connectivity index (χ1) is 15.1. The predicted molar refractivity (Wildman–Crippen MR) is 133 cm³/mol. The summed E-state index contributed by atoms with van der Waals surface area (Å²) in [6.07, 6.45) is 3.76. The summed E-state index contributed by atoms with van der Waals surface area (Å²) in [6.45, 7) is 16.0. The van der Waals surface area contributed by atoms with Gasteiger partial charge in [-0.1, -0.05) is 53.7 Å². The topological polar surface area (TPSA) is 64.4 Å². The van der Waals surface area contributed by atoms with E-state index < -0.39 is 8.32 Å². The molecule has 1 aliphatic heterocycles. The van der Waals surface area contributed by atoms with Gasteiger partial charge in [-0.15, -0.1) is 0 Å². The van der Waals surface area contributed by atoms with Crippen LogP contribution in [-0.4, -0.2) is 54.3 Å². The molecule has 7 heteroatoms. The van der Waals surface area contributed by atoms with E-state index in [1.54, 1.807) is 6.07 Å².